The maximum absolute atomic E-state index is 11.9. The van der Waals surface area contributed by atoms with Gasteiger partial charge in [-0.25, -0.2) is 18.4 Å². The van der Waals surface area contributed by atoms with E-state index in [4.69, 9.17) is 0 Å². The summed E-state index contributed by atoms with van der Waals surface area (Å²) in [6, 6.07) is -0.119. The third-order valence-corrected chi connectivity index (χ3v) is 3.55. The van der Waals surface area contributed by atoms with Crippen LogP contribution < -0.4 is 10.6 Å². The number of hydrogen-bond acceptors (Lipinski definition) is 4. The summed E-state index contributed by atoms with van der Waals surface area (Å²) in [6.07, 6.45) is 1.74. The highest BCUT2D eigenvalue weighted by atomic mass is 19.1. The maximum Gasteiger partial charge on any atom is 0.409 e. The van der Waals surface area contributed by atoms with Gasteiger partial charge in [0, 0.05) is 12.6 Å². The SMILES string of the molecule is CC1(CNC(=O)OCCF)CCCC(NC(=O)OCF)C1. The molecule has 0 aromatic carbocycles. The minimum atomic E-state index is -1.15. The van der Waals surface area contributed by atoms with Gasteiger partial charge in [-0.15, -0.1) is 0 Å². The van der Waals surface area contributed by atoms with Crippen molar-refractivity contribution >= 4 is 12.2 Å². The fourth-order valence-electron chi connectivity index (χ4n) is 2.58. The van der Waals surface area contributed by atoms with Crippen molar-refractivity contribution in [3.05, 3.63) is 0 Å². The number of hydrogen-bond donors (Lipinski definition) is 2. The van der Waals surface area contributed by atoms with Gasteiger partial charge in [-0.2, -0.15) is 0 Å². The second kappa shape index (κ2) is 8.63. The molecule has 0 aliphatic heterocycles. The molecule has 0 radical (unpaired) electrons. The van der Waals surface area contributed by atoms with E-state index in [0.717, 1.165) is 19.3 Å². The van der Waals surface area contributed by atoms with Gasteiger partial charge in [0.2, 0.25) is 6.86 Å². The topological polar surface area (TPSA) is 76.7 Å². The summed E-state index contributed by atoms with van der Waals surface area (Å²) in [5, 5.41) is 5.20. The minimum Gasteiger partial charge on any atom is -0.447 e. The summed E-state index contributed by atoms with van der Waals surface area (Å²) in [5.41, 5.74) is -0.208. The minimum absolute atomic E-state index is 0.119. The van der Waals surface area contributed by atoms with Crippen molar-refractivity contribution in [3.8, 4) is 0 Å². The van der Waals surface area contributed by atoms with Gasteiger partial charge in [0.05, 0.1) is 0 Å². The van der Waals surface area contributed by atoms with Gasteiger partial charge in [0.15, 0.2) is 0 Å². The number of carbonyl (C=O) groups is 2. The van der Waals surface area contributed by atoms with E-state index in [0.29, 0.717) is 13.0 Å². The van der Waals surface area contributed by atoms with Crippen LogP contribution in [0.5, 0.6) is 0 Å². The highest BCUT2D eigenvalue weighted by molar-refractivity contribution is 5.67. The summed E-state index contributed by atoms with van der Waals surface area (Å²) in [5.74, 6) is 0. The molecule has 1 saturated carbocycles. The summed E-state index contributed by atoms with van der Waals surface area (Å²) in [4.78, 5) is 22.5. The standard InChI is InChI=1S/C13H22F2N2O4/c1-13(8-16-11(18)20-6-5-14)4-2-3-10(7-13)17-12(19)21-9-15/h10H,2-9H2,1H3,(H,16,18)(H,17,19). The first kappa shape index (κ1) is 17.5. The van der Waals surface area contributed by atoms with Crippen molar-refractivity contribution in [2.24, 2.45) is 5.41 Å². The van der Waals surface area contributed by atoms with Crippen LogP contribution in [0, 0.1) is 5.41 Å². The number of amides is 2. The van der Waals surface area contributed by atoms with Crippen molar-refractivity contribution in [3.63, 3.8) is 0 Å². The van der Waals surface area contributed by atoms with Gasteiger partial charge in [-0.05, 0) is 24.7 Å². The molecule has 0 saturated heterocycles. The molecule has 0 bridgehead atoms. The molecule has 0 heterocycles. The Kier molecular flexibility index (Phi) is 7.18. The van der Waals surface area contributed by atoms with Crippen LogP contribution in [0.1, 0.15) is 32.6 Å². The number of alkyl carbamates (subject to hydrolysis) is 2. The summed E-state index contributed by atoms with van der Waals surface area (Å²) in [7, 11) is 0. The monoisotopic (exact) mass is 308 g/mol. The molecule has 122 valence electrons. The third kappa shape index (κ3) is 6.59. The Morgan fingerprint density at radius 1 is 1.29 bits per heavy atom. The van der Waals surface area contributed by atoms with Crippen LogP contribution in [0.3, 0.4) is 0 Å². The van der Waals surface area contributed by atoms with Gasteiger partial charge >= 0.3 is 12.2 Å². The number of halogens is 2. The van der Waals surface area contributed by atoms with E-state index in [1.165, 1.54) is 0 Å². The van der Waals surface area contributed by atoms with Gasteiger partial charge in [0.1, 0.15) is 13.3 Å². The molecule has 21 heavy (non-hydrogen) atoms. The predicted molar refractivity (Wildman–Crippen MR) is 71.3 cm³/mol. The Labute approximate surface area is 122 Å². The molecule has 6 nitrogen and oxygen atoms in total. The molecule has 2 atom stereocenters. The Morgan fingerprint density at radius 2 is 2.05 bits per heavy atom. The second-order valence-corrected chi connectivity index (χ2v) is 5.47. The lowest BCUT2D eigenvalue weighted by molar-refractivity contribution is 0.0866. The molecule has 2 unspecified atom stereocenters. The summed E-state index contributed by atoms with van der Waals surface area (Å²) in [6.45, 7) is 0.220. The maximum atomic E-state index is 11.9. The van der Waals surface area contributed by atoms with E-state index >= 15 is 0 Å². The zero-order valence-electron chi connectivity index (χ0n) is 12.1. The molecular weight excluding hydrogens is 286 g/mol. The number of ether oxygens (including phenoxy) is 2. The van der Waals surface area contributed by atoms with E-state index < -0.39 is 25.7 Å². The Bertz CT molecular complexity index is 357. The lowest BCUT2D eigenvalue weighted by Gasteiger charge is -2.38. The number of carbonyl (C=O) groups excluding carboxylic acids is 2. The fourth-order valence-corrected chi connectivity index (χ4v) is 2.58. The number of alkyl halides is 2. The first-order chi connectivity index (χ1) is 9.99. The van der Waals surface area contributed by atoms with Crippen LogP contribution in [0.25, 0.3) is 0 Å². The normalized spacial score (nSPS) is 25.0. The van der Waals surface area contributed by atoms with Gasteiger partial charge < -0.3 is 20.1 Å². The van der Waals surface area contributed by atoms with Crippen LogP contribution in [0.15, 0.2) is 0 Å². The van der Waals surface area contributed by atoms with Crippen molar-refractivity contribution in [2.45, 2.75) is 38.6 Å². The van der Waals surface area contributed by atoms with Gasteiger partial charge in [-0.3, -0.25) is 0 Å². The summed E-state index contributed by atoms with van der Waals surface area (Å²) < 4.78 is 32.6. The van der Waals surface area contributed by atoms with Crippen LogP contribution >= 0.6 is 0 Å². The van der Waals surface area contributed by atoms with Crippen molar-refractivity contribution in [2.75, 3.05) is 26.7 Å². The first-order valence-corrected chi connectivity index (χ1v) is 6.95. The Morgan fingerprint density at radius 3 is 2.71 bits per heavy atom. The highest BCUT2D eigenvalue weighted by Crippen LogP contribution is 2.35. The molecule has 0 aromatic rings. The largest absolute Gasteiger partial charge is 0.447 e. The molecule has 1 aliphatic rings. The van der Waals surface area contributed by atoms with E-state index in [-0.39, 0.29) is 18.1 Å². The second-order valence-electron chi connectivity index (χ2n) is 5.47. The predicted octanol–water partition coefficient (Wildman–Crippen LogP) is 2.28. The van der Waals surface area contributed by atoms with E-state index in [9.17, 15) is 18.4 Å². The Balaban J connectivity index is 2.38. The lowest BCUT2D eigenvalue weighted by Crippen LogP contribution is -2.46. The van der Waals surface area contributed by atoms with Crippen molar-refractivity contribution in [1.29, 1.82) is 0 Å². The molecule has 2 N–H and O–H groups in total. The molecule has 8 heteroatoms. The van der Waals surface area contributed by atoms with E-state index in [2.05, 4.69) is 20.1 Å². The molecule has 1 fully saturated rings. The van der Waals surface area contributed by atoms with Crippen LogP contribution in [-0.4, -0.2) is 44.9 Å². The zero-order valence-corrected chi connectivity index (χ0v) is 12.1. The average Bonchev–Trinajstić information content (AvgIpc) is 2.43. The van der Waals surface area contributed by atoms with Crippen molar-refractivity contribution < 1.29 is 27.8 Å². The van der Waals surface area contributed by atoms with Gasteiger partial charge in [0.25, 0.3) is 0 Å². The fraction of sp³-hybridized carbons (Fsp3) is 0.846. The lowest BCUT2D eigenvalue weighted by atomic mass is 9.73. The molecular formula is C13H22F2N2O4. The van der Waals surface area contributed by atoms with E-state index in [1.807, 2.05) is 6.92 Å². The molecule has 0 aromatic heterocycles. The van der Waals surface area contributed by atoms with Crippen LogP contribution in [0.4, 0.5) is 18.4 Å². The zero-order chi connectivity index (χ0) is 15.7. The van der Waals surface area contributed by atoms with Crippen molar-refractivity contribution in [1.82, 2.24) is 10.6 Å². The van der Waals surface area contributed by atoms with Gasteiger partial charge in [-0.1, -0.05) is 13.3 Å². The average molecular weight is 308 g/mol. The highest BCUT2D eigenvalue weighted by Gasteiger charge is 2.33. The first-order valence-electron chi connectivity index (χ1n) is 6.95. The molecule has 2 amide bonds. The molecule has 0 spiro atoms. The molecule has 1 rings (SSSR count). The van der Waals surface area contributed by atoms with E-state index in [1.54, 1.807) is 0 Å². The number of nitrogens with one attached hydrogen (secondary N) is 2. The molecule has 1 aliphatic carbocycles. The summed E-state index contributed by atoms with van der Waals surface area (Å²) >= 11 is 0. The third-order valence-electron chi connectivity index (χ3n) is 3.55. The van der Waals surface area contributed by atoms with Crippen LogP contribution in [-0.2, 0) is 9.47 Å². The quantitative estimate of drug-likeness (QED) is 0.789. The van der Waals surface area contributed by atoms with Crippen LogP contribution in [0.2, 0.25) is 0 Å². The Hall–Kier alpha value is -1.60. The number of rotatable bonds is 6. The smallest absolute Gasteiger partial charge is 0.409 e.